The molecule has 2 saturated heterocycles. The number of rotatable bonds is 0. The molecule has 6 heteroatoms. The van der Waals surface area contributed by atoms with Crippen molar-refractivity contribution in [2.24, 2.45) is 0 Å². The maximum atomic E-state index is 10.4. The SMILES string of the molecule is O=S1(=O)OC2CCN2O1. The van der Waals surface area contributed by atoms with Gasteiger partial charge >= 0.3 is 10.4 Å². The normalized spacial score (nSPS) is 39.8. The smallest absolute Gasteiger partial charge is 0.225 e. The van der Waals surface area contributed by atoms with Crippen LogP contribution in [0, 0.1) is 0 Å². The fourth-order valence-electron chi connectivity index (χ4n) is 0.792. The van der Waals surface area contributed by atoms with Crippen molar-refractivity contribution in [2.45, 2.75) is 12.6 Å². The van der Waals surface area contributed by atoms with E-state index in [0.717, 1.165) is 6.42 Å². The number of fused-ring (bicyclic) bond motifs is 1. The van der Waals surface area contributed by atoms with Crippen LogP contribution in [-0.4, -0.2) is 26.3 Å². The molecule has 0 spiro atoms. The van der Waals surface area contributed by atoms with E-state index in [2.05, 4.69) is 8.47 Å². The lowest BCUT2D eigenvalue weighted by atomic mass is 10.2. The second-order valence-corrected chi connectivity index (χ2v) is 3.12. The first kappa shape index (κ1) is 5.60. The van der Waals surface area contributed by atoms with E-state index < -0.39 is 10.4 Å². The van der Waals surface area contributed by atoms with Gasteiger partial charge in [-0.15, -0.1) is 5.06 Å². The lowest BCUT2D eigenvalue weighted by molar-refractivity contribution is -0.162. The molecule has 0 bridgehead atoms. The predicted molar refractivity (Wildman–Crippen MR) is 26.2 cm³/mol. The van der Waals surface area contributed by atoms with Crippen molar-refractivity contribution in [3.8, 4) is 0 Å². The molecule has 2 aliphatic heterocycles. The van der Waals surface area contributed by atoms with Crippen molar-refractivity contribution in [3.63, 3.8) is 0 Å². The molecule has 2 heterocycles. The standard InChI is InChI=1S/C3H5NO4S/c5-9(6)7-3-1-2-4(3)8-9/h3H,1-2H2. The van der Waals surface area contributed by atoms with Crippen LogP contribution in [0.2, 0.25) is 0 Å². The van der Waals surface area contributed by atoms with Crippen LogP contribution in [0.1, 0.15) is 6.42 Å². The van der Waals surface area contributed by atoms with E-state index in [4.69, 9.17) is 0 Å². The fourth-order valence-corrected chi connectivity index (χ4v) is 1.70. The molecule has 0 N–H and O–H groups in total. The molecule has 9 heavy (non-hydrogen) atoms. The largest absolute Gasteiger partial charge is 0.418 e. The lowest BCUT2D eigenvalue weighted by Crippen LogP contribution is -2.42. The molecule has 0 aliphatic carbocycles. The highest BCUT2D eigenvalue weighted by molar-refractivity contribution is 7.82. The zero-order valence-corrected chi connectivity index (χ0v) is 5.30. The Morgan fingerprint density at radius 1 is 1.56 bits per heavy atom. The summed E-state index contributed by atoms with van der Waals surface area (Å²) in [4.78, 5) is 0. The summed E-state index contributed by atoms with van der Waals surface area (Å²) < 4.78 is 29.6. The van der Waals surface area contributed by atoms with E-state index in [1.54, 1.807) is 0 Å². The van der Waals surface area contributed by atoms with Gasteiger partial charge in [0.1, 0.15) is 0 Å². The third-order valence-electron chi connectivity index (χ3n) is 1.33. The molecule has 0 saturated carbocycles. The van der Waals surface area contributed by atoms with Gasteiger partial charge < -0.3 is 0 Å². The Balaban J connectivity index is 2.25. The summed E-state index contributed by atoms with van der Waals surface area (Å²) in [6.45, 7) is 0.643. The van der Waals surface area contributed by atoms with Gasteiger partial charge in [0, 0.05) is 13.0 Å². The van der Waals surface area contributed by atoms with E-state index >= 15 is 0 Å². The van der Waals surface area contributed by atoms with Crippen molar-refractivity contribution in [2.75, 3.05) is 6.54 Å². The lowest BCUT2D eigenvalue weighted by Gasteiger charge is -2.26. The quantitative estimate of drug-likeness (QED) is 0.454. The summed E-state index contributed by atoms with van der Waals surface area (Å²) in [5.41, 5.74) is 0. The molecular weight excluding hydrogens is 146 g/mol. The van der Waals surface area contributed by atoms with Gasteiger partial charge in [-0.2, -0.15) is 12.7 Å². The summed E-state index contributed by atoms with van der Waals surface area (Å²) >= 11 is 0. The molecule has 52 valence electrons. The van der Waals surface area contributed by atoms with Crippen LogP contribution >= 0.6 is 0 Å². The van der Waals surface area contributed by atoms with Crippen LogP contribution in [-0.2, 0) is 18.9 Å². The molecule has 2 rings (SSSR count). The molecule has 5 nitrogen and oxygen atoms in total. The van der Waals surface area contributed by atoms with Gasteiger partial charge in [0.25, 0.3) is 0 Å². The van der Waals surface area contributed by atoms with Gasteiger partial charge in [0.2, 0.25) is 0 Å². The third kappa shape index (κ3) is 0.751. The summed E-state index contributed by atoms with van der Waals surface area (Å²) in [5.74, 6) is 0. The first-order valence-electron chi connectivity index (χ1n) is 2.57. The highest BCUT2D eigenvalue weighted by atomic mass is 32.3. The van der Waals surface area contributed by atoms with Gasteiger partial charge in [-0.1, -0.05) is 0 Å². The Morgan fingerprint density at radius 2 is 2.33 bits per heavy atom. The Morgan fingerprint density at radius 3 is 2.56 bits per heavy atom. The maximum absolute atomic E-state index is 10.4. The van der Waals surface area contributed by atoms with Gasteiger partial charge in [0.05, 0.1) is 0 Å². The van der Waals surface area contributed by atoms with E-state index in [1.807, 2.05) is 0 Å². The van der Waals surface area contributed by atoms with Gasteiger partial charge in [-0.3, -0.25) is 0 Å². The molecule has 0 aromatic heterocycles. The molecule has 2 aliphatic rings. The Hall–Kier alpha value is -0.170. The molecule has 0 aromatic rings. The van der Waals surface area contributed by atoms with E-state index in [9.17, 15) is 8.42 Å². The number of nitrogens with zero attached hydrogens (tertiary/aromatic N) is 1. The molecule has 0 aromatic carbocycles. The maximum Gasteiger partial charge on any atom is 0.418 e. The van der Waals surface area contributed by atoms with Crippen LogP contribution in [0.5, 0.6) is 0 Å². The highest BCUT2D eigenvalue weighted by Crippen LogP contribution is 2.29. The minimum absolute atomic E-state index is 0.338. The molecule has 0 radical (unpaired) electrons. The number of hydrogen-bond acceptors (Lipinski definition) is 5. The topological polar surface area (TPSA) is 55.8 Å². The first-order chi connectivity index (χ1) is 4.17. The average Bonchev–Trinajstić information content (AvgIpc) is 1.90. The van der Waals surface area contributed by atoms with Crippen molar-refractivity contribution in [1.29, 1.82) is 0 Å². The van der Waals surface area contributed by atoms with Crippen molar-refractivity contribution in [1.82, 2.24) is 5.06 Å². The molecule has 1 unspecified atom stereocenters. The van der Waals surface area contributed by atoms with E-state index in [1.165, 1.54) is 5.06 Å². The van der Waals surface area contributed by atoms with Crippen LogP contribution in [0.15, 0.2) is 0 Å². The Kier molecular flexibility index (Phi) is 0.907. The van der Waals surface area contributed by atoms with Crippen molar-refractivity contribution >= 4 is 10.4 Å². The predicted octanol–water partition coefficient (Wildman–Crippen LogP) is -0.775. The molecule has 2 fully saturated rings. The Labute approximate surface area is 52.4 Å². The van der Waals surface area contributed by atoms with Gasteiger partial charge in [0.15, 0.2) is 6.23 Å². The minimum atomic E-state index is -3.66. The highest BCUT2D eigenvalue weighted by Gasteiger charge is 2.44. The first-order valence-corrected chi connectivity index (χ1v) is 3.90. The Bertz CT molecular complexity index is 204. The van der Waals surface area contributed by atoms with E-state index in [0.29, 0.717) is 6.54 Å². The van der Waals surface area contributed by atoms with Gasteiger partial charge in [-0.25, -0.2) is 4.18 Å². The summed E-state index contributed by atoms with van der Waals surface area (Å²) in [7, 11) is -3.66. The van der Waals surface area contributed by atoms with Crippen molar-refractivity contribution < 1.29 is 16.9 Å². The van der Waals surface area contributed by atoms with Crippen LogP contribution in [0.25, 0.3) is 0 Å². The monoisotopic (exact) mass is 151 g/mol. The third-order valence-corrected chi connectivity index (χ3v) is 2.17. The fraction of sp³-hybridized carbons (Fsp3) is 1.00. The average molecular weight is 151 g/mol. The zero-order valence-electron chi connectivity index (χ0n) is 4.48. The molecule has 1 atom stereocenters. The summed E-state index contributed by atoms with van der Waals surface area (Å²) in [6, 6.07) is 0. The van der Waals surface area contributed by atoms with Crippen LogP contribution < -0.4 is 0 Å². The summed E-state index contributed by atoms with van der Waals surface area (Å²) in [5, 5.41) is 1.30. The zero-order chi connectivity index (χ0) is 6.48. The second-order valence-electron chi connectivity index (χ2n) is 1.96. The van der Waals surface area contributed by atoms with E-state index in [-0.39, 0.29) is 6.23 Å². The number of hydroxylamine groups is 2. The number of hydrogen-bond donors (Lipinski definition) is 0. The second kappa shape index (κ2) is 1.46. The van der Waals surface area contributed by atoms with Crippen molar-refractivity contribution in [3.05, 3.63) is 0 Å². The molecule has 0 amide bonds. The van der Waals surface area contributed by atoms with Crippen LogP contribution in [0.4, 0.5) is 0 Å². The minimum Gasteiger partial charge on any atom is -0.225 e. The summed E-state index contributed by atoms with van der Waals surface area (Å²) in [6.07, 6.45) is 0.397. The van der Waals surface area contributed by atoms with Gasteiger partial charge in [-0.05, 0) is 0 Å². The molecular formula is C3H5NO4S. The van der Waals surface area contributed by atoms with Crippen LogP contribution in [0.3, 0.4) is 0 Å².